The molecule has 4 nitrogen and oxygen atoms in total. The number of ether oxygens (including phenoxy) is 4. The van der Waals surface area contributed by atoms with E-state index >= 15 is 0 Å². The summed E-state index contributed by atoms with van der Waals surface area (Å²) in [5.74, 6) is 3.13. The lowest BCUT2D eigenvalue weighted by Gasteiger charge is -2.27. The van der Waals surface area contributed by atoms with Gasteiger partial charge < -0.3 is 18.9 Å². The van der Waals surface area contributed by atoms with Crippen LogP contribution >= 0.6 is 0 Å². The fourth-order valence-electron chi connectivity index (χ4n) is 6.09. The molecule has 0 aliphatic heterocycles. The van der Waals surface area contributed by atoms with E-state index in [4.69, 9.17) is 18.9 Å². The molecule has 0 fully saturated rings. The second kappa shape index (κ2) is 8.76. The van der Waals surface area contributed by atoms with Crippen LogP contribution in [0.4, 0.5) is 0 Å². The van der Waals surface area contributed by atoms with Crippen LogP contribution in [0.1, 0.15) is 62.8 Å². The average Bonchev–Trinajstić information content (AvgIpc) is 3.05. The Bertz CT molecular complexity index is 1230. The maximum Gasteiger partial charge on any atom is 0.161 e. The van der Waals surface area contributed by atoms with Crippen molar-refractivity contribution < 1.29 is 18.9 Å². The molecule has 0 heterocycles. The number of benzene rings is 3. The molecule has 190 valence electrons. The van der Waals surface area contributed by atoms with Gasteiger partial charge in [0.1, 0.15) is 0 Å². The summed E-state index contributed by atoms with van der Waals surface area (Å²) in [6.07, 6.45) is 4.15. The molecule has 0 amide bonds. The molecule has 0 saturated heterocycles. The summed E-state index contributed by atoms with van der Waals surface area (Å²) in [5.41, 5.74) is 10.6. The van der Waals surface area contributed by atoms with E-state index in [2.05, 4.69) is 64.1 Å². The highest BCUT2D eigenvalue weighted by molar-refractivity contribution is 5.83. The first-order valence-electron chi connectivity index (χ1n) is 12.8. The van der Waals surface area contributed by atoms with Crippen molar-refractivity contribution in [3.63, 3.8) is 0 Å². The molecule has 3 aromatic carbocycles. The number of rotatable bonds is 4. The molecule has 0 spiro atoms. The molecule has 0 aromatic heterocycles. The number of hydrogen-bond donors (Lipinski definition) is 0. The van der Waals surface area contributed by atoms with Crippen LogP contribution in [-0.2, 0) is 23.7 Å². The molecule has 0 saturated carbocycles. The lowest BCUT2D eigenvalue weighted by molar-refractivity contribution is 0.353. The second-order valence-corrected chi connectivity index (χ2v) is 11.4. The molecule has 0 atom stereocenters. The third kappa shape index (κ3) is 3.82. The molecule has 5 rings (SSSR count). The van der Waals surface area contributed by atoms with Gasteiger partial charge in [0.25, 0.3) is 0 Å². The quantitative estimate of drug-likeness (QED) is 0.383. The molecule has 0 N–H and O–H groups in total. The van der Waals surface area contributed by atoms with Crippen LogP contribution in [0.5, 0.6) is 23.0 Å². The monoisotopic (exact) mass is 486 g/mol. The van der Waals surface area contributed by atoms with Gasteiger partial charge in [-0.3, -0.25) is 0 Å². The molecule has 3 aromatic rings. The van der Waals surface area contributed by atoms with Crippen LogP contribution in [0.2, 0.25) is 0 Å². The predicted octanol–water partition coefficient (Wildman–Crippen LogP) is 7.50. The van der Waals surface area contributed by atoms with Crippen molar-refractivity contribution in [2.75, 3.05) is 28.4 Å². The minimum Gasteiger partial charge on any atom is -0.493 e. The number of aryl methyl sites for hydroxylation is 2. The van der Waals surface area contributed by atoms with E-state index in [1.807, 2.05) is 0 Å². The van der Waals surface area contributed by atoms with Crippen molar-refractivity contribution >= 4 is 0 Å². The summed E-state index contributed by atoms with van der Waals surface area (Å²) in [7, 11) is 6.85. The van der Waals surface area contributed by atoms with Gasteiger partial charge in [-0.2, -0.15) is 0 Å². The largest absolute Gasteiger partial charge is 0.493 e. The van der Waals surface area contributed by atoms with Crippen molar-refractivity contribution in [3.05, 3.63) is 58.7 Å². The standard InChI is InChI=1S/C32H38O4/c1-31(2)11-9-19-13-22-20(14-21(19)23-15-27(33-5)29(35-7)17-25(23)31)10-12-32(3,4)26-18-30(36-8)28(34-6)16-24(22)26/h13-18H,9-12H2,1-8H3. The van der Waals surface area contributed by atoms with Crippen LogP contribution in [0.15, 0.2) is 36.4 Å². The second-order valence-electron chi connectivity index (χ2n) is 11.4. The first-order chi connectivity index (χ1) is 17.1. The molecular weight excluding hydrogens is 448 g/mol. The van der Waals surface area contributed by atoms with Crippen LogP contribution in [-0.4, -0.2) is 28.4 Å². The summed E-state index contributed by atoms with van der Waals surface area (Å²) in [6.45, 7) is 9.35. The molecule has 4 heteroatoms. The van der Waals surface area contributed by atoms with E-state index in [0.29, 0.717) is 0 Å². The van der Waals surface area contributed by atoms with Gasteiger partial charge in [0.2, 0.25) is 0 Å². The zero-order valence-electron chi connectivity index (χ0n) is 22.9. The molecule has 36 heavy (non-hydrogen) atoms. The predicted molar refractivity (Wildman–Crippen MR) is 146 cm³/mol. The zero-order valence-corrected chi connectivity index (χ0v) is 22.9. The molecule has 2 aliphatic carbocycles. The van der Waals surface area contributed by atoms with Crippen LogP contribution in [0.25, 0.3) is 22.3 Å². The number of methoxy groups -OCH3 is 4. The lowest BCUT2D eigenvalue weighted by Crippen LogP contribution is -2.18. The number of hydrogen-bond acceptors (Lipinski definition) is 4. The molecule has 0 unspecified atom stereocenters. The highest BCUT2D eigenvalue weighted by Gasteiger charge is 2.34. The van der Waals surface area contributed by atoms with Crippen LogP contribution in [0.3, 0.4) is 0 Å². The maximum absolute atomic E-state index is 5.73. The minimum absolute atomic E-state index is 0.0157. The minimum atomic E-state index is 0.0157. The SMILES string of the molecule is COc1cc2c(cc1OC)C(C)(C)CCc1cc3c(cc1-2)CCC(C)(C)c1cc(OC)c(OC)cc1-3. The summed E-state index contributed by atoms with van der Waals surface area (Å²) >= 11 is 0. The summed E-state index contributed by atoms with van der Waals surface area (Å²) in [4.78, 5) is 0. The Balaban J connectivity index is 1.78. The first kappa shape index (κ1) is 24.5. The fraction of sp³-hybridized carbons (Fsp3) is 0.438. The Hall–Kier alpha value is -3.14. The fourth-order valence-corrected chi connectivity index (χ4v) is 6.09. The summed E-state index contributed by atoms with van der Waals surface area (Å²) < 4.78 is 22.8. The van der Waals surface area contributed by atoms with Crippen molar-refractivity contribution in [2.24, 2.45) is 0 Å². The lowest BCUT2D eigenvalue weighted by atomic mass is 9.79. The highest BCUT2D eigenvalue weighted by Crippen LogP contribution is 2.50. The van der Waals surface area contributed by atoms with Gasteiger partial charge in [-0.25, -0.2) is 0 Å². The van der Waals surface area contributed by atoms with Gasteiger partial charge in [-0.15, -0.1) is 0 Å². The Morgan fingerprint density at radius 2 is 0.806 bits per heavy atom. The summed E-state index contributed by atoms with van der Waals surface area (Å²) in [6, 6.07) is 13.6. The smallest absolute Gasteiger partial charge is 0.161 e. The molecular formula is C32H38O4. The van der Waals surface area contributed by atoms with E-state index in [1.54, 1.807) is 28.4 Å². The van der Waals surface area contributed by atoms with E-state index in [-0.39, 0.29) is 10.8 Å². The van der Waals surface area contributed by atoms with Crippen molar-refractivity contribution in [1.29, 1.82) is 0 Å². The first-order valence-corrected chi connectivity index (χ1v) is 12.8. The van der Waals surface area contributed by atoms with Crippen LogP contribution < -0.4 is 18.9 Å². The zero-order chi connectivity index (χ0) is 25.8. The Morgan fingerprint density at radius 3 is 1.14 bits per heavy atom. The van der Waals surface area contributed by atoms with E-state index in [9.17, 15) is 0 Å². The maximum atomic E-state index is 5.73. The summed E-state index contributed by atoms with van der Waals surface area (Å²) in [5, 5.41) is 0. The van der Waals surface area contributed by atoms with Gasteiger partial charge >= 0.3 is 0 Å². The molecule has 2 aliphatic rings. The molecule has 0 radical (unpaired) electrons. The van der Waals surface area contributed by atoms with Gasteiger partial charge in [0, 0.05) is 0 Å². The van der Waals surface area contributed by atoms with Gasteiger partial charge in [-0.05, 0) is 105 Å². The number of fused-ring (bicyclic) bond motifs is 6. The van der Waals surface area contributed by atoms with E-state index in [0.717, 1.165) is 48.7 Å². The van der Waals surface area contributed by atoms with Crippen molar-refractivity contribution in [3.8, 4) is 45.3 Å². The van der Waals surface area contributed by atoms with Gasteiger partial charge in [0.05, 0.1) is 28.4 Å². The Labute approximate surface area is 215 Å². The van der Waals surface area contributed by atoms with Crippen molar-refractivity contribution in [1.82, 2.24) is 0 Å². The van der Waals surface area contributed by atoms with Crippen LogP contribution in [0, 0.1) is 0 Å². The Morgan fingerprint density at radius 1 is 0.472 bits per heavy atom. The van der Waals surface area contributed by atoms with Gasteiger partial charge in [-0.1, -0.05) is 39.8 Å². The average molecular weight is 487 g/mol. The highest BCUT2D eigenvalue weighted by atomic mass is 16.5. The van der Waals surface area contributed by atoms with Gasteiger partial charge in [0.15, 0.2) is 23.0 Å². The normalized spacial score (nSPS) is 16.9. The topological polar surface area (TPSA) is 36.9 Å². The third-order valence-corrected chi connectivity index (χ3v) is 8.45. The Kier molecular flexibility index (Phi) is 5.97. The van der Waals surface area contributed by atoms with Crippen molar-refractivity contribution in [2.45, 2.75) is 64.2 Å². The van der Waals surface area contributed by atoms with E-state index < -0.39 is 0 Å². The third-order valence-electron chi connectivity index (χ3n) is 8.45. The molecule has 0 bridgehead atoms. The van der Waals surface area contributed by atoms with E-state index in [1.165, 1.54) is 44.5 Å².